The van der Waals surface area contributed by atoms with Crippen molar-refractivity contribution in [1.82, 2.24) is 4.98 Å². The minimum Gasteiger partial charge on any atom is -0.280 e. The molecule has 0 atom stereocenters. The SMILES string of the molecule is O=C(Sc1nc2ccccc2s1)c1ccc(-c2ccccc2)s1. The van der Waals surface area contributed by atoms with Gasteiger partial charge >= 0.3 is 0 Å². The third-order valence-corrected chi connectivity index (χ3v) is 6.58. The van der Waals surface area contributed by atoms with Crippen LogP contribution in [0.2, 0.25) is 0 Å². The van der Waals surface area contributed by atoms with E-state index in [1.54, 1.807) is 11.3 Å². The molecule has 0 saturated carbocycles. The first-order valence-corrected chi connectivity index (χ1v) is 9.47. The molecule has 0 unspecified atom stereocenters. The molecule has 2 aromatic carbocycles. The first-order valence-electron chi connectivity index (χ1n) is 7.02. The summed E-state index contributed by atoms with van der Waals surface area (Å²) < 4.78 is 1.91. The van der Waals surface area contributed by atoms with Gasteiger partial charge in [-0.05, 0) is 41.6 Å². The van der Waals surface area contributed by atoms with Gasteiger partial charge in [0.25, 0.3) is 0 Å². The number of para-hydroxylation sites is 1. The van der Waals surface area contributed by atoms with Gasteiger partial charge < -0.3 is 0 Å². The Morgan fingerprint density at radius 3 is 2.48 bits per heavy atom. The maximum absolute atomic E-state index is 12.5. The van der Waals surface area contributed by atoms with Gasteiger partial charge in [-0.25, -0.2) is 4.98 Å². The molecule has 0 aliphatic carbocycles. The van der Waals surface area contributed by atoms with Gasteiger partial charge in [-0.3, -0.25) is 4.79 Å². The molecule has 4 rings (SSSR count). The lowest BCUT2D eigenvalue weighted by Gasteiger charge is -1.95. The molecular formula is C18H11NOS3. The number of benzene rings is 2. The van der Waals surface area contributed by atoms with E-state index in [0.29, 0.717) is 0 Å². The Bertz CT molecular complexity index is 939. The van der Waals surface area contributed by atoms with E-state index in [0.717, 1.165) is 29.9 Å². The fourth-order valence-electron chi connectivity index (χ4n) is 2.23. The quantitative estimate of drug-likeness (QED) is 0.426. The predicted octanol–water partition coefficient (Wildman–Crippen LogP) is 5.96. The van der Waals surface area contributed by atoms with E-state index >= 15 is 0 Å². The first-order chi connectivity index (χ1) is 11.3. The number of nitrogens with zero attached hydrogens (tertiary/aromatic N) is 1. The van der Waals surface area contributed by atoms with Crippen LogP contribution in [0.5, 0.6) is 0 Å². The summed E-state index contributed by atoms with van der Waals surface area (Å²) in [6, 6.07) is 22.0. The molecule has 5 heteroatoms. The third kappa shape index (κ3) is 3.08. The molecule has 0 radical (unpaired) electrons. The molecule has 0 bridgehead atoms. The van der Waals surface area contributed by atoms with E-state index in [4.69, 9.17) is 0 Å². The highest BCUT2D eigenvalue weighted by Gasteiger charge is 2.14. The Balaban J connectivity index is 1.56. The molecule has 23 heavy (non-hydrogen) atoms. The number of rotatable bonds is 3. The zero-order valence-electron chi connectivity index (χ0n) is 11.9. The highest BCUT2D eigenvalue weighted by Crippen LogP contribution is 2.35. The number of hydrogen-bond acceptors (Lipinski definition) is 5. The number of aromatic nitrogens is 1. The fourth-order valence-corrected chi connectivity index (χ4v) is 5.16. The number of thioether (sulfide) groups is 1. The van der Waals surface area contributed by atoms with E-state index < -0.39 is 0 Å². The lowest BCUT2D eigenvalue weighted by atomic mass is 10.2. The second-order valence-electron chi connectivity index (χ2n) is 4.87. The van der Waals surface area contributed by atoms with E-state index in [2.05, 4.69) is 17.1 Å². The Hall–Kier alpha value is -1.95. The summed E-state index contributed by atoms with van der Waals surface area (Å²) in [4.78, 5) is 18.9. The number of thiophene rings is 1. The van der Waals surface area contributed by atoms with Crippen molar-refractivity contribution in [3.63, 3.8) is 0 Å². The van der Waals surface area contributed by atoms with Crippen LogP contribution in [0.25, 0.3) is 20.7 Å². The topological polar surface area (TPSA) is 30.0 Å². The zero-order valence-corrected chi connectivity index (χ0v) is 14.4. The van der Waals surface area contributed by atoms with Gasteiger partial charge in [0.15, 0.2) is 4.34 Å². The highest BCUT2D eigenvalue weighted by atomic mass is 32.2. The van der Waals surface area contributed by atoms with Gasteiger partial charge in [-0.1, -0.05) is 42.5 Å². The largest absolute Gasteiger partial charge is 0.280 e. The van der Waals surface area contributed by atoms with Crippen molar-refractivity contribution in [1.29, 1.82) is 0 Å². The van der Waals surface area contributed by atoms with Crippen LogP contribution < -0.4 is 0 Å². The molecule has 0 amide bonds. The van der Waals surface area contributed by atoms with Gasteiger partial charge in [0.1, 0.15) is 0 Å². The molecule has 0 saturated heterocycles. The minimum atomic E-state index is 0.0521. The number of carbonyl (C=O) groups is 1. The number of fused-ring (bicyclic) bond motifs is 1. The van der Waals surface area contributed by atoms with Crippen molar-refractivity contribution in [3.05, 3.63) is 71.6 Å². The summed E-state index contributed by atoms with van der Waals surface area (Å²) in [7, 11) is 0. The fraction of sp³-hybridized carbons (Fsp3) is 0. The summed E-state index contributed by atoms with van der Waals surface area (Å²) >= 11 is 4.30. The van der Waals surface area contributed by atoms with Crippen LogP contribution in [0, 0.1) is 0 Å². The minimum absolute atomic E-state index is 0.0521. The van der Waals surface area contributed by atoms with E-state index in [9.17, 15) is 4.79 Å². The van der Waals surface area contributed by atoms with E-state index in [1.807, 2.05) is 54.6 Å². The van der Waals surface area contributed by atoms with Crippen LogP contribution in [0.1, 0.15) is 9.67 Å². The molecule has 2 aromatic heterocycles. The Kier molecular flexibility index (Phi) is 3.99. The second-order valence-corrected chi connectivity index (χ2v) is 8.20. The first kappa shape index (κ1) is 14.6. The lowest BCUT2D eigenvalue weighted by Crippen LogP contribution is -1.87. The van der Waals surface area contributed by atoms with Crippen LogP contribution in [-0.2, 0) is 0 Å². The van der Waals surface area contributed by atoms with Crippen LogP contribution in [0.4, 0.5) is 0 Å². The molecule has 0 aliphatic rings. The standard InChI is InChI=1S/C18H11NOS3/c20-17(23-18-19-13-8-4-5-9-15(13)22-18)16-11-10-14(21-16)12-6-2-1-3-7-12/h1-11H. The summed E-state index contributed by atoms with van der Waals surface area (Å²) in [5.41, 5.74) is 2.09. The van der Waals surface area contributed by atoms with Crippen molar-refractivity contribution in [3.8, 4) is 10.4 Å². The van der Waals surface area contributed by atoms with Crippen molar-refractivity contribution in [2.45, 2.75) is 4.34 Å². The smallest absolute Gasteiger partial charge is 0.236 e. The van der Waals surface area contributed by atoms with Crippen molar-refractivity contribution in [2.75, 3.05) is 0 Å². The Morgan fingerprint density at radius 2 is 1.65 bits per heavy atom. The van der Waals surface area contributed by atoms with Gasteiger partial charge in [-0.15, -0.1) is 22.7 Å². The van der Waals surface area contributed by atoms with Crippen LogP contribution >= 0.6 is 34.4 Å². The molecular weight excluding hydrogens is 342 g/mol. The van der Waals surface area contributed by atoms with Crippen molar-refractivity contribution < 1.29 is 4.79 Å². The molecule has 112 valence electrons. The lowest BCUT2D eigenvalue weighted by molar-refractivity contribution is 0.109. The molecule has 2 nitrogen and oxygen atoms in total. The summed E-state index contributed by atoms with van der Waals surface area (Å²) in [6.45, 7) is 0. The summed E-state index contributed by atoms with van der Waals surface area (Å²) in [5.74, 6) is 0. The second kappa shape index (κ2) is 6.28. The number of carbonyl (C=O) groups excluding carboxylic acids is 1. The van der Waals surface area contributed by atoms with Crippen molar-refractivity contribution in [2.24, 2.45) is 0 Å². The molecule has 2 heterocycles. The van der Waals surface area contributed by atoms with Gasteiger partial charge in [-0.2, -0.15) is 0 Å². The molecule has 0 N–H and O–H groups in total. The molecule has 4 aromatic rings. The van der Waals surface area contributed by atoms with Gasteiger partial charge in [0.2, 0.25) is 5.12 Å². The molecule has 0 fully saturated rings. The average molecular weight is 353 g/mol. The van der Waals surface area contributed by atoms with Gasteiger partial charge in [0.05, 0.1) is 15.1 Å². The van der Waals surface area contributed by atoms with Crippen LogP contribution in [0.3, 0.4) is 0 Å². The number of thiazole rings is 1. The average Bonchev–Trinajstić information content (AvgIpc) is 3.22. The molecule has 0 spiro atoms. The Morgan fingerprint density at radius 1 is 0.870 bits per heavy atom. The van der Waals surface area contributed by atoms with Crippen molar-refractivity contribution >= 4 is 49.8 Å². The van der Waals surface area contributed by atoms with E-state index in [1.165, 1.54) is 23.1 Å². The summed E-state index contributed by atoms with van der Waals surface area (Å²) in [6.07, 6.45) is 0. The summed E-state index contributed by atoms with van der Waals surface area (Å²) in [5, 5.41) is 0.0521. The highest BCUT2D eigenvalue weighted by molar-refractivity contribution is 8.15. The maximum Gasteiger partial charge on any atom is 0.236 e. The zero-order chi connectivity index (χ0) is 15.6. The van der Waals surface area contributed by atoms with E-state index in [-0.39, 0.29) is 5.12 Å². The number of hydrogen-bond donors (Lipinski definition) is 0. The monoisotopic (exact) mass is 353 g/mol. The van der Waals surface area contributed by atoms with Crippen LogP contribution in [-0.4, -0.2) is 10.1 Å². The maximum atomic E-state index is 12.5. The Labute approximate surface area is 145 Å². The predicted molar refractivity (Wildman–Crippen MR) is 99.6 cm³/mol. The third-order valence-electron chi connectivity index (χ3n) is 3.32. The van der Waals surface area contributed by atoms with Crippen LogP contribution in [0.15, 0.2) is 71.1 Å². The van der Waals surface area contributed by atoms with Gasteiger partial charge in [0, 0.05) is 4.88 Å². The normalized spacial score (nSPS) is 11.0. The molecule has 0 aliphatic heterocycles.